The summed E-state index contributed by atoms with van der Waals surface area (Å²) in [6.45, 7) is 10.2. The molecule has 1 fully saturated rings. The van der Waals surface area contributed by atoms with Crippen molar-refractivity contribution in [3.05, 3.63) is 33.8 Å². The number of nitrogens with one attached hydrogen (secondary N) is 1. The van der Waals surface area contributed by atoms with E-state index in [1.807, 2.05) is 0 Å². The lowest BCUT2D eigenvalue weighted by atomic mass is 9.99. The van der Waals surface area contributed by atoms with Crippen LogP contribution in [0.15, 0.2) is 22.7 Å². The molecule has 1 aromatic rings. The molecule has 1 saturated heterocycles. The van der Waals surface area contributed by atoms with E-state index in [2.05, 4.69) is 58.2 Å². The van der Waals surface area contributed by atoms with Crippen LogP contribution >= 0.6 is 15.9 Å². The van der Waals surface area contributed by atoms with Crippen molar-refractivity contribution in [1.82, 2.24) is 10.2 Å². The molecule has 0 amide bonds. The quantitative estimate of drug-likeness (QED) is 0.782. The summed E-state index contributed by atoms with van der Waals surface area (Å²) in [6.07, 6.45) is 3.92. The highest BCUT2D eigenvalue weighted by Crippen LogP contribution is 2.23. The van der Waals surface area contributed by atoms with Crippen LogP contribution in [0, 0.1) is 5.92 Å². The lowest BCUT2D eigenvalue weighted by Gasteiger charge is -2.31. The molecule has 2 nitrogen and oxygen atoms in total. The third-order valence-electron chi connectivity index (χ3n) is 4.01. The molecule has 0 aromatic heterocycles. The Labute approximate surface area is 132 Å². The van der Waals surface area contributed by atoms with E-state index in [0.29, 0.717) is 0 Å². The van der Waals surface area contributed by atoms with E-state index in [1.54, 1.807) is 0 Å². The van der Waals surface area contributed by atoms with Gasteiger partial charge in [-0.2, -0.15) is 0 Å². The van der Waals surface area contributed by atoms with Gasteiger partial charge >= 0.3 is 0 Å². The molecular weight excluding hydrogens is 312 g/mol. The van der Waals surface area contributed by atoms with Crippen LogP contribution in [-0.2, 0) is 13.1 Å². The van der Waals surface area contributed by atoms with E-state index >= 15 is 0 Å². The molecule has 2 rings (SSSR count). The molecule has 3 heteroatoms. The highest BCUT2D eigenvalue weighted by Gasteiger charge is 2.17. The van der Waals surface area contributed by atoms with Crippen molar-refractivity contribution in [2.24, 2.45) is 5.92 Å². The van der Waals surface area contributed by atoms with E-state index in [1.165, 1.54) is 48.0 Å². The summed E-state index contributed by atoms with van der Waals surface area (Å²) in [7, 11) is 0. The number of piperidine rings is 1. The van der Waals surface area contributed by atoms with Gasteiger partial charge in [0.25, 0.3) is 0 Å². The van der Waals surface area contributed by atoms with Gasteiger partial charge in [0, 0.05) is 24.1 Å². The van der Waals surface area contributed by atoms with Gasteiger partial charge in [0.05, 0.1) is 0 Å². The predicted octanol–water partition coefficient (Wildman–Crippen LogP) is 4.18. The van der Waals surface area contributed by atoms with Crippen molar-refractivity contribution in [3.63, 3.8) is 0 Å². The molecule has 0 aliphatic carbocycles. The second-order valence-corrected chi connectivity index (χ2v) is 6.94. The zero-order valence-corrected chi connectivity index (χ0v) is 14.4. The molecule has 1 aliphatic rings. The van der Waals surface area contributed by atoms with Gasteiger partial charge in [-0.1, -0.05) is 41.9 Å². The van der Waals surface area contributed by atoms with Crippen molar-refractivity contribution in [2.75, 3.05) is 19.6 Å². The summed E-state index contributed by atoms with van der Waals surface area (Å²) in [6, 6.07) is 6.81. The minimum absolute atomic E-state index is 0.847. The fraction of sp³-hybridized carbons (Fsp3) is 0.647. The summed E-state index contributed by atoms with van der Waals surface area (Å²) < 4.78 is 1.26. The van der Waals surface area contributed by atoms with Crippen LogP contribution in [0.2, 0.25) is 0 Å². The molecule has 1 unspecified atom stereocenters. The number of nitrogens with zero attached hydrogens (tertiary/aromatic N) is 1. The first-order valence-corrected chi connectivity index (χ1v) is 8.68. The number of hydrogen-bond donors (Lipinski definition) is 1. The van der Waals surface area contributed by atoms with Crippen LogP contribution in [-0.4, -0.2) is 24.5 Å². The smallest absolute Gasteiger partial charge is 0.0245 e. The molecule has 0 radical (unpaired) electrons. The normalized spacial score (nSPS) is 20.2. The predicted molar refractivity (Wildman–Crippen MR) is 89.8 cm³/mol. The highest BCUT2D eigenvalue weighted by molar-refractivity contribution is 9.10. The molecule has 1 atom stereocenters. The lowest BCUT2D eigenvalue weighted by Crippen LogP contribution is -2.33. The Morgan fingerprint density at radius 2 is 2.25 bits per heavy atom. The second-order valence-electron chi connectivity index (χ2n) is 6.09. The van der Waals surface area contributed by atoms with Gasteiger partial charge in [-0.25, -0.2) is 0 Å². The average molecular weight is 339 g/mol. The first-order valence-electron chi connectivity index (χ1n) is 7.89. The Morgan fingerprint density at radius 3 is 2.95 bits per heavy atom. The fourth-order valence-electron chi connectivity index (χ4n) is 2.91. The largest absolute Gasteiger partial charge is 0.313 e. The van der Waals surface area contributed by atoms with Crippen LogP contribution in [0.3, 0.4) is 0 Å². The van der Waals surface area contributed by atoms with E-state index in [4.69, 9.17) is 0 Å². The van der Waals surface area contributed by atoms with Gasteiger partial charge in [0.15, 0.2) is 0 Å². The van der Waals surface area contributed by atoms with Crippen molar-refractivity contribution in [1.29, 1.82) is 0 Å². The summed E-state index contributed by atoms with van der Waals surface area (Å²) in [5, 5.41) is 3.45. The average Bonchev–Trinajstić information content (AvgIpc) is 2.42. The zero-order chi connectivity index (χ0) is 14.4. The van der Waals surface area contributed by atoms with Gasteiger partial charge in [0.1, 0.15) is 0 Å². The first kappa shape index (κ1) is 16.0. The monoisotopic (exact) mass is 338 g/mol. The van der Waals surface area contributed by atoms with Crippen molar-refractivity contribution in [2.45, 2.75) is 46.2 Å². The number of hydrogen-bond acceptors (Lipinski definition) is 2. The summed E-state index contributed by atoms with van der Waals surface area (Å²) in [5.74, 6) is 0.847. The molecule has 1 heterocycles. The topological polar surface area (TPSA) is 15.3 Å². The standard InChI is InChI=1S/C17H27BrN2/c1-3-8-19-11-15-6-7-16(17(18)10-15)13-20-9-4-5-14(2)12-20/h6-7,10,14,19H,3-5,8-9,11-13H2,1-2H3. The van der Waals surface area contributed by atoms with Crippen molar-refractivity contribution in [3.8, 4) is 0 Å². The molecule has 1 N–H and O–H groups in total. The Hall–Kier alpha value is -0.380. The molecule has 1 aliphatic heterocycles. The van der Waals surface area contributed by atoms with Crippen molar-refractivity contribution >= 4 is 15.9 Å². The maximum Gasteiger partial charge on any atom is 0.0245 e. The molecule has 20 heavy (non-hydrogen) atoms. The highest BCUT2D eigenvalue weighted by atomic mass is 79.9. The van der Waals surface area contributed by atoms with Crippen LogP contribution in [0.5, 0.6) is 0 Å². The fourth-order valence-corrected chi connectivity index (χ4v) is 3.46. The summed E-state index contributed by atoms with van der Waals surface area (Å²) in [4.78, 5) is 2.59. The molecule has 0 saturated carbocycles. The Kier molecular flexibility index (Phi) is 6.53. The Bertz CT molecular complexity index is 419. The molecule has 1 aromatic carbocycles. The van der Waals surface area contributed by atoms with Crippen LogP contribution in [0.4, 0.5) is 0 Å². The Balaban J connectivity index is 1.91. The van der Waals surface area contributed by atoms with Crippen molar-refractivity contribution < 1.29 is 0 Å². The maximum atomic E-state index is 3.74. The van der Waals surface area contributed by atoms with Gasteiger partial charge < -0.3 is 5.32 Å². The zero-order valence-electron chi connectivity index (χ0n) is 12.8. The van der Waals surface area contributed by atoms with E-state index < -0.39 is 0 Å². The third kappa shape index (κ3) is 4.87. The SMILES string of the molecule is CCCNCc1ccc(CN2CCCC(C)C2)c(Br)c1. The van der Waals surface area contributed by atoms with E-state index in [-0.39, 0.29) is 0 Å². The van der Waals surface area contributed by atoms with Gasteiger partial charge in [0.2, 0.25) is 0 Å². The molecule has 0 spiro atoms. The first-order chi connectivity index (χ1) is 9.69. The summed E-state index contributed by atoms with van der Waals surface area (Å²) >= 11 is 3.74. The number of likely N-dealkylation sites (tertiary alicyclic amines) is 1. The minimum Gasteiger partial charge on any atom is -0.313 e. The van der Waals surface area contributed by atoms with Gasteiger partial charge in [-0.05, 0) is 55.5 Å². The van der Waals surface area contributed by atoms with E-state index in [0.717, 1.165) is 25.6 Å². The van der Waals surface area contributed by atoms with Crippen LogP contribution in [0.1, 0.15) is 44.2 Å². The number of halogens is 1. The van der Waals surface area contributed by atoms with Gasteiger partial charge in [-0.3, -0.25) is 4.90 Å². The molecule has 112 valence electrons. The third-order valence-corrected chi connectivity index (χ3v) is 4.75. The van der Waals surface area contributed by atoms with Crippen LogP contribution in [0.25, 0.3) is 0 Å². The maximum absolute atomic E-state index is 3.74. The van der Waals surface area contributed by atoms with Crippen LogP contribution < -0.4 is 5.32 Å². The summed E-state index contributed by atoms with van der Waals surface area (Å²) in [5.41, 5.74) is 2.78. The van der Waals surface area contributed by atoms with Gasteiger partial charge in [-0.15, -0.1) is 0 Å². The lowest BCUT2D eigenvalue weighted by molar-refractivity contribution is 0.176. The molecular formula is C17H27BrN2. The number of benzene rings is 1. The Morgan fingerprint density at radius 1 is 1.40 bits per heavy atom. The second kappa shape index (κ2) is 8.16. The minimum atomic E-state index is 0.847. The number of rotatable bonds is 6. The van der Waals surface area contributed by atoms with E-state index in [9.17, 15) is 0 Å². The molecule has 0 bridgehead atoms.